The first-order valence-corrected chi connectivity index (χ1v) is 3.96. The van der Waals surface area contributed by atoms with Crippen LogP contribution in [0.25, 0.3) is 0 Å². The van der Waals surface area contributed by atoms with Gasteiger partial charge >= 0.3 is 7.91 Å². The molecule has 0 aliphatic carbocycles. The van der Waals surface area contributed by atoms with Crippen molar-refractivity contribution in [3.8, 4) is 0 Å². The molecule has 0 saturated heterocycles. The lowest BCUT2D eigenvalue weighted by Crippen LogP contribution is -2.15. The van der Waals surface area contributed by atoms with Gasteiger partial charge in [-0.05, 0) is 0 Å². The Labute approximate surface area is 62.2 Å². The molecule has 0 aromatic heterocycles. The molecule has 70 valence electrons. The van der Waals surface area contributed by atoms with Gasteiger partial charge in [0.15, 0.2) is 0 Å². The van der Waals surface area contributed by atoms with Gasteiger partial charge in [0.2, 0.25) is 0 Å². The fraction of sp³-hybridized carbons (Fsp3) is 1.00. The number of hydrogen-bond donors (Lipinski definition) is 5. The summed E-state index contributed by atoms with van der Waals surface area (Å²) in [5.41, 5.74) is 0. The van der Waals surface area contributed by atoms with Crippen molar-refractivity contribution in [3.63, 3.8) is 0 Å². The topological polar surface area (TPSA) is 118 Å². The molecule has 8 heteroatoms. The summed E-state index contributed by atoms with van der Waals surface area (Å²) < 4.78 is 19.0. The quantitative estimate of drug-likeness (QED) is 0.335. The summed E-state index contributed by atoms with van der Waals surface area (Å²) in [5, 5.41) is 24.0. The number of halogens is 1. The Morgan fingerprint density at radius 1 is 1.27 bits per heavy atom. The van der Waals surface area contributed by atoms with Crippen LogP contribution in [0.5, 0.6) is 0 Å². The molecule has 0 amide bonds. The highest BCUT2D eigenvalue weighted by Crippen LogP contribution is 2.34. The van der Waals surface area contributed by atoms with E-state index in [0.29, 0.717) is 0 Å². The Kier molecular flexibility index (Phi) is 8.20. The lowest BCUT2D eigenvalue weighted by molar-refractivity contribution is 0.0450. The molecule has 0 unspecified atom stereocenters. The largest absolute Gasteiger partial charge is 0.507 e. The summed E-state index contributed by atoms with van der Waals surface area (Å²) in [6.45, 7) is -0.729. The molecule has 0 radical (unpaired) electrons. The second-order valence-corrected chi connectivity index (χ2v) is 2.44. The van der Waals surface area contributed by atoms with Gasteiger partial charge in [-0.2, -0.15) is 0 Å². The normalized spacial score (nSPS) is 10.8. The molecule has 0 fully saturated rings. The minimum atomic E-state index is -5.14. The Balaban J connectivity index is 0. The summed E-state index contributed by atoms with van der Waals surface area (Å²) in [7, 11) is -5.14. The van der Waals surface area contributed by atoms with Crippen LogP contribution < -0.4 is 0 Å². The highest BCUT2D eigenvalue weighted by molar-refractivity contribution is 7.45. The second-order valence-electron chi connectivity index (χ2n) is 1.49. The van der Waals surface area contributed by atoms with Crippen LogP contribution >= 0.6 is 7.91 Å². The first kappa shape index (κ1) is 13.5. The average molecular weight is 192 g/mol. The number of hydrogen-bond acceptors (Lipinski definition) is 4. The molecule has 0 spiro atoms. The van der Waals surface area contributed by atoms with Gasteiger partial charge in [-0.25, -0.2) is 4.57 Å². The summed E-state index contributed by atoms with van der Waals surface area (Å²) in [6, 6.07) is 0. The van der Waals surface area contributed by atoms with Crippen molar-refractivity contribution >= 4 is 7.91 Å². The van der Waals surface area contributed by atoms with Gasteiger partial charge in [0.1, 0.15) is 6.10 Å². The molecule has 11 heavy (non-hydrogen) atoms. The molecule has 0 saturated carbocycles. The van der Waals surface area contributed by atoms with Crippen molar-refractivity contribution in [3.05, 3.63) is 0 Å². The third-order valence-electron chi connectivity index (χ3n) is 0.421. The maximum atomic E-state index is 10.4. The van der Waals surface area contributed by atoms with Crippen LogP contribution in [0.2, 0.25) is 0 Å². The van der Waals surface area contributed by atoms with Gasteiger partial charge in [-0.15, -0.1) is 4.20 Å². The van der Waals surface area contributed by atoms with E-state index in [1.54, 1.807) is 0 Å². The minimum absolute atomic E-state index is 0.365. The fourth-order valence-electron chi connectivity index (χ4n) is 0.0577. The predicted molar refractivity (Wildman–Crippen MR) is 33.3 cm³/mol. The molecule has 0 atom stereocenters. The predicted octanol–water partition coefficient (Wildman–Crippen LogP) is -1.62. The van der Waals surface area contributed by atoms with E-state index in [0.717, 1.165) is 0 Å². The van der Waals surface area contributed by atoms with E-state index in [2.05, 4.69) is 0 Å². The maximum absolute atomic E-state index is 10.4. The lowest BCUT2D eigenvalue weighted by Gasteiger charge is -1.96. The van der Waals surface area contributed by atoms with Crippen molar-refractivity contribution in [2.45, 2.75) is 6.10 Å². The molecular weight excluding hydrogens is 182 g/mol. The third-order valence-corrected chi connectivity index (χ3v) is 0.421. The van der Waals surface area contributed by atoms with Gasteiger partial charge < -0.3 is 15.3 Å². The van der Waals surface area contributed by atoms with E-state index in [-0.39, 0.29) is 13.2 Å². The van der Waals surface area contributed by atoms with Gasteiger partial charge in [-0.1, -0.05) is 0 Å². The molecule has 0 aliphatic heterocycles. The van der Waals surface area contributed by atoms with E-state index < -0.39 is 14.0 Å². The molecule has 6 nitrogen and oxygen atoms in total. The first-order valence-electron chi connectivity index (χ1n) is 2.46. The fourth-order valence-corrected chi connectivity index (χ4v) is 0.0577. The van der Waals surface area contributed by atoms with Crippen molar-refractivity contribution in [2.24, 2.45) is 0 Å². The van der Waals surface area contributed by atoms with Crippen LogP contribution in [-0.2, 0) is 4.57 Å². The smallest absolute Gasteiger partial charge is 0.394 e. The molecule has 0 bridgehead atoms. The SMILES string of the molecule is O=P(O)(O)F.OCC(O)CO. The van der Waals surface area contributed by atoms with Crippen LogP contribution in [0, 0.1) is 0 Å². The highest BCUT2D eigenvalue weighted by atomic mass is 31.2. The van der Waals surface area contributed by atoms with Crippen LogP contribution in [0.3, 0.4) is 0 Å². The molecule has 5 N–H and O–H groups in total. The Morgan fingerprint density at radius 3 is 1.45 bits per heavy atom. The molecule has 0 aromatic rings. The molecule has 0 heterocycles. The van der Waals surface area contributed by atoms with Crippen molar-refractivity contribution in [2.75, 3.05) is 13.2 Å². The zero-order chi connectivity index (χ0) is 9.49. The summed E-state index contributed by atoms with van der Waals surface area (Å²) >= 11 is 0. The Morgan fingerprint density at radius 2 is 1.45 bits per heavy atom. The zero-order valence-electron chi connectivity index (χ0n) is 5.46. The maximum Gasteiger partial charge on any atom is 0.507 e. The van der Waals surface area contributed by atoms with Crippen molar-refractivity contribution < 1.29 is 33.9 Å². The van der Waals surface area contributed by atoms with E-state index in [9.17, 15) is 4.20 Å². The van der Waals surface area contributed by atoms with Crippen LogP contribution in [0.1, 0.15) is 0 Å². The van der Waals surface area contributed by atoms with E-state index in [1.807, 2.05) is 0 Å². The third kappa shape index (κ3) is 40.2. The van der Waals surface area contributed by atoms with Crippen LogP contribution in [-0.4, -0.2) is 44.4 Å². The standard InChI is InChI=1S/C3H8O3.FH2O3P/c4-1-3(6)2-5;1-5(2,3)4/h3-6H,1-2H2;(H2,2,3,4). The number of rotatable bonds is 2. The molecular formula is C3H10FO6P. The van der Waals surface area contributed by atoms with Gasteiger partial charge in [0.05, 0.1) is 13.2 Å². The van der Waals surface area contributed by atoms with Gasteiger partial charge in [-0.3, -0.25) is 9.79 Å². The molecule has 0 aliphatic rings. The number of aliphatic hydroxyl groups excluding tert-OH is 3. The first-order chi connectivity index (χ1) is 4.81. The Hall–Kier alpha value is -0.0400. The van der Waals surface area contributed by atoms with Crippen LogP contribution in [0.4, 0.5) is 4.20 Å². The van der Waals surface area contributed by atoms with Crippen LogP contribution in [0.15, 0.2) is 0 Å². The van der Waals surface area contributed by atoms with Crippen molar-refractivity contribution in [1.29, 1.82) is 0 Å². The summed E-state index contributed by atoms with van der Waals surface area (Å²) in [6.07, 6.45) is -0.954. The monoisotopic (exact) mass is 192 g/mol. The molecule has 0 aromatic carbocycles. The molecule has 0 rings (SSSR count). The van der Waals surface area contributed by atoms with Crippen molar-refractivity contribution in [1.82, 2.24) is 0 Å². The number of aliphatic hydroxyl groups is 3. The second kappa shape index (κ2) is 6.66. The Bertz CT molecular complexity index is 111. The average Bonchev–Trinajstić information content (AvgIpc) is 1.83. The zero-order valence-corrected chi connectivity index (χ0v) is 6.36. The van der Waals surface area contributed by atoms with E-state index in [1.165, 1.54) is 0 Å². The highest BCUT2D eigenvalue weighted by Gasteiger charge is 2.04. The van der Waals surface area contributed by atoms with E-state index >= 15 is 0 Å². The summed E-state index contributed by atoms with van der Waals surface area (Å²) in [5.74, 6) is 0. The minimum Gasteiger partial charge on any atom is -0.394 e. The van der Waals surface area contributed by atoms with Gasteiger partial charge in [0, 0.05) is 0 Å². The van der Waals surface area contributed by atoms with Gasteiger partial charge in [0.25, 0.3) is 0 Å². The summed E-state index contributed by atoms with van der Waals surface area (Å²) in [4.78, 5) is 13.9. The van der Waals surface area contributed by atoms with E-state index in [4.69, 9.17) is 29.7 Å². The lowest BCUT2D eigenvalue weighted by atomic mass is 10.4.